The minimum atomic E-state index is -4.79. The van der Waals surface area contributed by atoms with E-state index < -0.39 is 18.3 Å². The van der Waals surface area contributed by atoms with Crippen molar-refractivity contribution in [2.75, 3.05) is 25.6 Å². The molecule has 0 aromatic carbocycles. The van der Waals surface area contributed by atoms with E-state index in [4.69, 9.17) is 4.74 Å². The number of hydrogen-bond donors (Lipinski definition) is 2. The third kappa shape index (κ3) is 5.64. The van der Waals surface area contributed by atoms with Crippen LogP contribution in [-0.4, -0.2) is 47.8 Å². The number of hydrogen-bond acceptors (Lipinski definition) is 6. The third-order valence-corrected chi connectivity index (χ3v) is 1.73. The molecule has 9 heteroatoms. The second-order valence-corrected chi connectivity index (χ2v) is 3.28. The molecular formula is C9H12F3N3O3. The maximum absolute atomic E-state index is 11.8. The number of nitrogens with one attached hydrogen (secondary N) is 1. The van der Waals surface area contributed by atoms with Crippen LogP contribution in [0.15, 0.2) is 12.4 Å². The molecule has 0 radical (unpaired) electrons. The number of nitrogens with zero attached hydrogens (tertiary/aromatic N) is 2. The molecule has 0 spiro atoms. The molecule has 1 aromatic heterocycles. The van der Waals surface area contributed by atoms with Crippen LogP contribution < -0.4 is 10.1 Å². The highest BCUT2D eigenvalue weighted by Gasteiger charge is 2.31. The predicted octanol–water partition coefficient (Wildman–Crippen LogP) is 0.794. The number of ether oxygens (including phenoxy) is 2. The number of aliphatic hydroxyl groups excluding tert-OH is 1. The van der Waals surface area contributed by atoms with Crippen LogP contribution in [0.5, 0.6) is 5.88 Å². The van der Waals surface area contributed by atoms with Gasteiger partial charge >= 0.3 is 6.36 Å². The average Bonchev–Trinajstić information content (AvgIpc) is 2.26. The second-order valence-electron chi connectivity index (χ2n) is 3.28. The lowest BCUT2D eigenvalue weighted by molar-refractivity contribution is -0.276. The predicted molar refractivity (Wildman–Crippen MR) is 55.1 cm³/mol. The molecule has 0 bridgehead atoms. The first kappa shape index (κ1) is 14.5. The molecule has 0 amide bonds. The average molecular weight is 267 g/mol. The minimum Gasteiger partial charge on any atom is -0.389 e. The molecule has 1 aromatic rings. The summed E-state index contributed by atoms with van der Waals surface area (Å²) in [5.74, 6) is -0.426. The molecule has 2 N–H and O–H groups in total. The zero-order chi connectivity index (χ0) is 13.6. The van der Waals surface area contributed by atoms with Crippen molar-refractivity contribution in [1.29, 1.82) is 0 Å². The van der Waals surface area contributed by atoms with Crippen molar-refractivity contribution in [1.82, 2.24) is 9.97 Å². The summed E-state index contributed by atoms with van der Waals surface area (Å²) in [6, 6.07) is 0. The Kier molecular flexibility index (Phi) is 5.10. The van der Waals surface area contributed by atoms with Gasteiger partial charge in [0.25, 0.3) is 0 Å². The van der Waals surface area contributed by atoms with Crippen molar-refractivity contribution in [2.24, 2.45) is 0 Å². The van der Waals surface area contributed by atoms with Crippen molar-refractivity contribution in [3.8, 4) is 5.88 Å². The Morgan fingerprint density at radius 1 is 1.39 bits per heavy atom. The van der Waals surface area contributed by atoms with Crippen LogP contribution in [0.3, 0.4) is 0 Å². The molecule has 0 aliphatic carbocycles. The van der Waals surface area contributed by atoms with Crippen LogP contribution in [0.1, 0.15) is 0 Å². The van der Waals surface area contributed by atoms with E-state index >= 15 is 0 Å². The third-order valence-electron chi connectivity index (χ3n) is 1.73. The summed E-state index contributed by atoms with van der Waals surface area (Å²) in [6.07, 6.45) is -3.64. The van der Waals surface area contributed by atoms with E-state index in [9.17, 15) is 18.3 Å². The van der Waals surface area contributed by atoms with Gasteiger partial charge in [0.1, 0.15) is 5.82 Å². The highest BCUT2D eigenvalue weighted by Crippen LogP contribution is 2.20. The summed E-state index contributed by atoms with van der Waals surface area (Å²) in [6.45, 7) is 0.275. The Hall–Kier alpha value is -1.61. The van der Waals surface area contributed by atoms with Crippen LogP contribution >= 0.6 is 0 Å². The maximum Gasteiger partial charge on any atom is 0.574 e. The quantitative estimate of drug-likeness (QED) is 0.793. The lowest BCUT2D eigenvalue weighted by Crippen LogP contribution is -2.24. The normalized spacial score (nSPS) is 13.2. The van der Waals surface area contributed by atoms with E-state index in [2.05, 4.69) is 20.0 Å². The standard InChI is InChI=1S/C9H12F3N3O3/c1-17-5-6(16)2-13-7-3-15-8(4-14-7)18-9(10,11)12/h3-4,6,16H,2,5H2,1H3,(H,13,14). The van der Waals surface area contributed by atoms with Crippen LogP contribution in [0.2, 0.25) is 0 Å². The van der Waals surface area contributed by atoms with Crippen molar-refractivity contribution >= 4 is 5.82 Å². The fourth-order valence-corrected chi connectivity index (χ4v) is 1.05. The van der Waals surface area contributed by atoms with E-state index in [0.717, 1.165) is 12.4 Å². The Balaban J connectivity index is 2.45. The number of halogens is 3. The molecule has 0 aliphatic heterocycles. The molecule has 18 heavy (non-hydrogen) atoms. The summed E-state index contributed by atoms with van der Waals surface area (Å²) in [4.78, 5) is 7.05. The zero-order valence-corrected chi connectivity index (χ0v) is 9.44. The Labute approximate surface area is 101 Å². The maximum atomic E-state index is 11.8. The van der Waals surface area contributed by atoms with Crippen LogP contribution in [0.4, 0.5) is 19.0 Å². The van der Waals surface area contributed by atoms with Gasteiger partial charge in [0.15, 0.2) is 0 Å². The Bertz CT molecular complexity index is 358. The SMILES string of the molecule is COCC(O)CNc1cnc(OC(F)(F)F)cn1. The molecule has 1 unspecified atom stereocenters. The fraction of sp³-hybridized carbons (Fsp3) is 0.556. The summed E-state index contributed by atoms with van der Waals surface area (Å²) < 4.78 is 43.7. The minimum absolute atomic E-state index is 0.135. The topological polar surface area (TPSA) is 76.5 Å². The molecule has 0 saturated heterocycles. The first-order valence-electron chi connectivity index (χ1n) is 4.89. The van der Waals surface area contributed by atoms with Gasteiger partial charge in [-0.1, -0.05) is 0 Å². The molecule has 0 saturated carbocycles. The first-order valence-corrected chi connectivity index (χ1v) is 4.89. The van der Waals surface area contributed by atoms with Crippen LogP contribution in [0, 0.1) is 0 Å². The molecule has 1 heterocycles. The van der Waals surface area contributed by atoms with Crippen molar-refractivity contribution in [3.05, 3.63) is 12.4 Å². The smallest absolute Gasteiger partial charge is 0.389 e. The zero-order valence-electron chi connectivity index (χ0n) is 9.44. The van der Waals surface area contributed by atoms with Gasteiger partial charge in [-0.3, -0.25) is 0 Å². The molecule has 1 rings (SSSR count). The number of aromatic nitrogens is 2. The number of anilines is 1. The van der Waals surface area contributed by atoms with Crippen LogP contribution in [-0.2, 0) is 4.74 Å². The van der Waals surface area contributed by atoms with E-state index in [1.54, 1.807) is 0 Å². The van der Waals surface area contributed by atoms with Crippen molar-refractivity contribution in [2.45, 2.75) is 12.5 Å². The fourth-order valence-electron chi connectivity index (χ4n) is 1.05. The van der Waals surface area contributed by atoms with E-state index in [1.807, 2.05) is 0 Å². The number of rotatable bonds is 6. The monoisotopic (exact) mass is 267 g/mol. The lowest BCUT2D eigenvalue weighted by atomic mass is 10.4. The van der Waals surface area contributed by atoms with Gasteiger partial charge in [0.05, 0.1) is 25.1 Å². The van der Waals surface area contributed by atoms with Crippen molar-refractivity contribution < 1.29 is 27.8 Å². The van der Waals surface area contributed by atoms with E-state index in [1.165, 1.54) is 7.11 Å². The van der Waals surface area contributed by atoms with Gasteiger partial charge in [-0.25, -0.2) is 9.97 Å². The van der Waals surface area contributed by atoms with Gasteiger partial charge in [-0.15, -0.1) is 13.2 Å². The second kappa shape index (κ2) is 6.36. The Morgan fingerprint density at radius 3 is 2.61 bits per heavy atom. The van der Waals surface area contributed by atoms with Gasteiger partial charge < -0.3 is 19.9 Å². The first-order chi connectivity index (χ1) is 8.40. The summed E-state index contributed by atoms with van der Waals surface area (Å²) >= 11 is 0. The largest absolute Gasteiger partial charge is 0.574 e. The number of methoxy groups -OCH3 is 1. The Morgan fingerprint density at radius 2 is 2.11 bits per heavy atom. The van der Waals surface area contributed by atoms with Gasteiger partial charge in [0, 0.05) is 13.7 Å². The van der Waals surface area contributed by atoms with E-state index in [-0.39, 0.29) is 19.0 Å². The number of aliphatic hydroxyl groups is 1. The van der Waals surface area contributed by atoms with Crippen LogP contribution in [0.25, 0.3) is 0 Å². The van der Waals surface area contributed by atoms with Gasteiger partial charge in [0.2, 0.25) is 5.88 Å². The molecule has 0 aliphatic rings. The van der Waals surface area contributed by atoms with Gasteiger partial charge in [-0.05, 0) is 0 Å². The van der Waals surface area contributed by atoms with Crippen molar-refractivity contribution in [3.63, 3.8) is 0 Å². The molecule has 6 nitrogen and oxygen atoms in total. The summed E-state index contributed by atoms with van der Waals surface area (Å²) in [5, 5.41) is 12.0. The summed E-state index contributed by atoms with van der Waals surface area (Å²) in [7, 11) is 1.44. The van der Waals surface area contributed by atoms with Gasteiger partial charge in [-0.2, -0.15) is 0 Å². The van der Waals surface area contributed by atoms with E-state index in [0.29, 0.717) is 0 Å². The summed E-state index contributed by atoms with van der Waals surface area (Å²) in [5.41, 5.74) is 0. The molecule has 1 atom stereocenters. The molecule has 0 fully saturated rings. The number of alkyl halides is 3. The molecular weight excluding hydrogens is 255 g/mol. The highest BCUT2D eigenvalue weighted by molar-refractivity contribution is 5.32. The highest BCUT2D eigenvalue weighted by atomic mass is 19.4. The molecule has 102 valence electrons. The lowest BCUT2D eigenvalue weighted by Gasteiger charge is -2.11.